The van der Waals surface area contributed by atoms with E-state index in [-0.39, 0.29) is 18.9 Å². The minimum Gasteiger partial charge on any atom is -0.481 e. The number of hydrogen-bond acceptors (Lipinski definition) is 3. The number of aliphatic carboxylic acids is 1. The molecule has 0 aliphatic carbocycles. The van der Waals surface area contributed by atoms with Crippen molar-refractivity contribution in [3.8, 4) is 0 Å². The van der Waals surface area contributed by atoms with Gasteiger partial charge in [-0.3, -0.25) is 9.59 Å². The fraction of sp³-hybridized carbons (Fsp3) is 0.353. The van der Waals surface area contributed by atoms with Gasteiger partial charge < -0.3 is 14.6 Å². The first-order valence-electron chi connectivity index (χ1n) is 7.47. The number of amides is 1. The average molecular weight is 315 g/mol. The lowest BCUT2D eigenvalue weighted by molar-refractivity contribution is -0.142. The molecule has 0 saturated carbocycles. The largest absolute Gasteiger partial charge is 0.481 e. The number of rotatable bonds is 7. The predicted molar refractivity (Wildman–Crippen MR) is 85.9 cm³/mol. The molecule has 23 heavy (non-hydrogen) atoms. The van der Waals surface area contributed by atoms with Crippen LogP contribution in [0.15, 0.2) is 42.9 Å². The number of aromatic nitrogens is 2. The Hall–Kier alpha value is -2.63. The van der Waals surface area contributed by atoms with Crippen molar-refractivity contribution < 1.29 is 14.7 Å². The van der Waals surface area contributed by atoms with Crippen molar-refractivity contribution in [1.29, 1.82) is 0 Å². The van der Waals surface area contributed by atoms with Crippen LogP contribution in [-0.4, -0.2) is 45.0 Å². The number of likely N-dealkylation sites (N-methyl/N-ethyl adjacent to an activating group) is 1. The summed E-state index contributed by atoms with van der Waals surface area (Å²) < 4.78 is 1.93. The predicted octanol–water partition coefficient (Wildman–Crippen LogP) is 1.65. The molecular weight excluding hydrogens is 294 g/mol. The van der Waals surface area contributed by atoms with Crippen LogP contribution in [0.25, 0.3) is 0 Å². The van der Waals surface area contributed by atoms with Crippen molar-refractivity contribution in [2.24, 2.45) is 5.92 Å². The normalized spacial score (nSPS) is 11.9. The quantitative estimate of drug-likeness (QED) is 0.843. The molecule has 0 spiro atoms. The first-order valence-corrected chi connectivity index (χ1v) is 7.47. The van der Waals surface area contributed by atoms with Crippen LogP contribution >= 0.6 is 0 Å². The number of hydrogen-bond donors (Lipinski definition) is 1. The monoisotopic (exact) mass is 315 g/mol. The van der Waals surface area contributed by atoms with Crippen molar-refractivity contribution >= 4 is 11.9 Å². The summed E-state index contributed by atoms with van der Waals surface area (Å²) in [5, 5.41) is 8.93. The summed E-state index contributed by atoms with van der Waals surface area (Å²) >= 11 is 0. The van der Waals surface area contributed by atoms with Crippen LogP contribution in [0.5, 0.6) is 0 Å². The van der Waals surface area contributed by atoms with E-state index >= 15 is 0 Å². The smallest absolute Gasteiger partial charge is 0.308 e. The zero-order valence-electron chi connectivity index (χ0n) is 13.3. The Labute approximate surface area is 135 Å². The molecule has 1 aromatic carbocycles. The average Bonchev–Trinajstić information content (AvgIpc) is 2.95. The molecule has 0 aliphatic rings. The third kappa shape index (κ3) is 4.67. The van der Waals surface area contributed by atoms with Gasteiger partial charge in [0.15, 0.2) is 0 Å². The number of nitrogens with zero attached hydrogens (tertiary/aromatic N) is 3. The van der Waals surface area contributed by atoms with E-state index in [0.717, 1.165) is 11.3 Å². The molecule has 1 unspecified atom stereocenters. The first-order chi connectivity index (χ1) is 11.0. The summed E-state index contributed by atoms with van der Waals surface area (Å²) in [6.45, 7) is 2.44. The molecule has 2 aromatic rings. The lowest BCUT2D eigenvalue weighted by atomic mass is 10.1. The van der Waals surface area contributed by atoms with Crippen LogP contribution in [-0.2, 0) is 22.6 Å². The molecule has 0 aliphatic heterocycles. The molecule has 0 radical (unpaired) electrons. The molecule has 122 valence electrons. The van der Waals surface area contributed by atoms with E-state index in [9.17, 15) is 9.59 Å². The van der Waals surface area contributed by atoms with Crippen molar-refractivity contribution in [2.75, 3.05) is 13.6 Å². The molecule has 1 heterocycles. The Morgan fingerprint density at radius 3 is 2.65 bits per heavy atom. The van der Waals surface area contributed by atoms with Gasteiger partial charge in [0.2, 0.25) is 5.91 Å². The minimum atomic E-state index is -0.904. The topological polar surface area (TPSA) is 75.4 Å². The van der Waals surface area contributed by atoms with Crippen LogP contribution in [0.4, 0.5) is 0 Å². The highest BCUT2D eigenvalue weighted by Crippen LogP contribution is 2.09. The summed E-state index contributed by atoms with van der Waals surface area (Å²) in [5.41, 5.74) is 1.95. The maximum Gasteiger partial charge on any atom is 0.308 e. The molecule has 0 bridgehead atoms. The Morgan fingerprint density at radius 2 is 2.00 bits per heavy atom. The molecule has 1 atom stereocenters. The van der Waals surface area contributed by atoms with E-state index < -0.39 is 11.9 Å². The van der Waals surface area contributed by atoms with Crippen molar-refractivity contribution in [3.05, 3.63) is 54.1 Å². The second kappa shape index (κ2) is 7.58. The molecule has 1 amide bonds. The summed E-state index contributed by atoms with van der Waals surface area (Å²) in [5.74, 6) is -1.61. The Kier molecular flexibility index (Phi) is 5.51. The van der Waals surface area contributed by atoms with Crippen molar-refractivity contribution in [2.45, 2.75) is 19.9 Å². The second-order valence-electron chi connectivity index (χ2n) is 5.69. The highest BCUT2D eigenvalue weighted by atomic mass is 16.4. The molecule has 1 N–H and O–H groups in total. The maximum absolute atomic E-state index is 12.3. The van der Waals surface area contributed by atoms with Crippen LogP contribution in [0.1, 0.15) is 18.2 Å². The summed E-state index contributed by atoms with van der Waals surface area (Å²) in [4.78, 5) is 28.7. The highest BCUT2D eigenvalue weighted by molar-refractivity contribution is 5.79. The van der Waals surface area contributed by atoms with Gasteiger partial charge in [0.05, 0.1) is 18.7 Å². The lowest BCUT2D eigenvalue weighted by Gasteiger charge is -2.19. The van der Waals surface area contributed by atoms with Crippen LogP contribution in [0, 0.1) is 5.92 Å². The van der Waals surface area contributed by atoms with Gasteiger partial charge in [-0.15, -0.1) is 0 Å². The zero-order chi connectivity index (χ0) is 16.8. The van der Waals surface area contributed by atoms with Gasteiger partial charge >= 0.3 is 5.97 Å². The van der Waals surface area contributed by atoms with Gasteiger partial charge in [0, 0.05) is 32.0 Å². The minimum absolute atomic E-state index is 0.118. The van der Waals surface area contributed by atoms with Crippen LogP contribution in [0.3, 0.4) is 0 Å². The molecule has 2 rings (SSSR count). The van der Waals surface area contributed by atoms with Crippen LogP contribution in [0.2, 0.25) is 0 Å². The van der Waals surface area contributed by atoms with E-state index in [1.54, 1.807) is 26.5 Å². The maximum atomic E-state index is 12.3. The van der Waals surface area contributed by atoms with E-state index in [0.29, 0.717) is 6.54 Å². The van der Waals surface area contributed by atoms with Crippen molar-refractivity contribution in [3.63, 3.8) is 0 Å². The van der Waals surface area contributed by atoms with Crippen LogP contribution < -0.4 is 0 Å². The molecule has 0 fully saturated rings. The SMILES string of the molecule is CC(CN(C)C(=O)Cc1cncn1Cc1ccccc1)C(=O)O. The number of carboxylic acids is 1. The van der Waals surface area contributed by atoms with Gasteiger partial charge in [-0.2, -0.15) is 0 Å². The van der Waals surface area contributed by atoms with E-state index in [4.69, 9.17) is 5.11 Å². The first kappa shape index (κ1) is 16.7. The Morgan fingerprint density at radius 1 is 1.30 bits per heavy atom. The zero-order valence-corrected chi connectivity index (χ0v) is 13.3. The van der Waals surface area contributed by atoms with E-state index in [1.807, 2.05) is 34.9 Å². The number of carbonyl (C=O) groups excluding carboxylic acids is 1. The van der Waals surface area contributed by atoms with Crippen molar-refractivity contribution in [1.82, 2.24) is 14.5 Å². The second-order valence-corrected chi connectivity index (χ2v) is 5.69. The Balaban J connectivity index is 1.99. The fourth-order valence-corrected chi connectivity index (χ4v) is 2.30. The molecule has 0 saturated heterocycles. The fourth-order valence-electron chi connectivity index (χ4n) is 2.30. The van der Waals surface area contributed by atoms with Gasteiger partial charge in [0.1, 0.15) is 0 Å². The summed E-state index contributed by atoms with van der Waals surface area (Å²) in [6, 6.07) is 9.94. The molecule has 1 aromatic heterocycles. The summed E-state index contributed by atoms with van der Waals surface area (Å²) in [7, 11) is 1.62. The molecular formula is C17H21N3O3. The number of carbonyl (C=O) groups is 2. The number of imidazole rings is 1. The lowest BCUT2D eigenvalue weighted by Crippen LogP contribution is -2.35. The summed E-state index contributed by atoms with van der Waals surface area (Å²) in [6.07, 6.45) is 3.58. The van der Waals surface area contributed by atoms with E-state index in [2.05, 4.69) is 4.98 Å². The third-order valence-electron chi connectivity index (χ3n) is 3.72. The Bertz CT molecular complexity index is 667. The number of carboxylic acid groups (broad SMARTS) is 1. The number of benzene rings is 1. The highest BCUT2D eigenvalue weighted by Gasteiger charge is 2.18. The molecule has 6 nitrogen and oxygen atoms in total. The van der Waals surface area contributed by atoms with Gasteiger partial charge in [-0.25, -0.2) is 4.98 Å². The molecule has 6 heteroatoms. The van der Waals surface area contributed by atoms with Gasteiger partial charge in [0.25, 0.3) is 0 Å². The van der Waals surface area contributed by atoms with E-state index in [1.165, 1.54) is 4.90 Å². The third-order valence-corrected chi connectivity index (χ3v) is 3.72. The standard InChI is InChI=1S/C17H21N3O3/c1-13(17(22)23)10-19(2)16(21)8-15-9-18-12-20(15)11-14-6-4-3-5-7-14/h3-7,9,12-13H,8,10-11H2,1-2H3,(H,22,23). The van der Waals surface area contributed by atoms with Gasteiger partial charge in [-0.05, 0) is 5.56 Å². The van der Waals surface area contributed by atoms with Gasteiger partial charge in [-0.1, -0.05) is 37.3 Å².